The number of aromatic nitrogens is 1. The topological polar surface area (TPSA) is 82.2 Å². The highest BCUT2D eigenvalue weighted by Crippen LogP contribution is 2.35. The van der Waals surface area contributed by atoms with Crippen molar-refractivity contribution < 1.29 is 19.3 Å². The third kappa shape index (κ3) is 3.40. The Morgan fingerprint density at radius 1 is 1.07 bits per heavy atom. The Morgan fingerprint density at radius 2 is 1.86 bits per heavy atom. The van der Waals surface area contributed by atoms with Crippen LogP contribution in [0.1, 0.15) is 44.7 Å². The maximum atomic E-state index is 11.2. The monoisotopic (exact) mass is 391 g/mol. The highest BCUT2D eigenvalue weighted by Gasteiger charge is 2.22. The lowest BCUT2D eigenvalue weighted by Crippen LogP contribution is -2.15. The van der Waals surface area contributed by atoms with Gasteiger partial charge in [-0.15, -0.1) is 0 Å². The summed E-state index contributed by atoms with van der Waals surface area (Å²) in [6.07, 6.45) is 1.32. The first kappa shape index (κ1) is 18.9. The molecule has 0 radical (unpaired) electrons. The second-order valence-corrected chi connectivity index (χ2v) is 6.93. The van der Waals surface area contributed by atoms with Crippen LogP contribution in [0.2, 0.25) is 0 Å². The van der Waals surface area contributed by atoms with Gasteiger partial charge in [-0.3, -0.25) is 0 Å². The Balaban J connectivity index is 1.89. The molecule has 0 saturated carbocycles. The third-order valence-electron chi connectivity index (χ3n) is 5.00. The van der Waals surface area contributed by atoms with E-state index < -0.39 is 11.9 Å². The molecule has 0 bridgehead atoms. The quantitative estimate of drug-likeness (QED) is 0.380. The van der Waals surface area contributed by atoms with Crippen molar-refractivity contribution >= 4 is 45.2 Å². The van der Waals surface area contributed by atoms with Crippen LogP contribution < -0.4 is 0 Å². The molecule has 1 aromatic heterocycles. The Bertz CT molecular complexity index is 1200. The maximum Gasteiger partial charge on any atom is 0.331 e. The van der Waals surface area contributed by atoms with Crippen LogP contribution in [-0.4, -0.2) is 27.9 Å². The maximum absolute atomic E-state index is 11.2. The fourth-order valence-corrected chi connectivity index (χ4v) is 3.81. The molecule has 0 unspecified atom stereocenters. The number of benzene rings is 2. The van der Waals surface area contributed by atoms with Gasteiger partial charge in [-0.05, 0) is 18.6 Å². The lowest BCUT2D eigenvalue weighted by Gasteiger charge is -2.17. The van der Waals surface area contributed by atoms with Gasteiger partial charge in [0.1, 0.15) is 0 Å². The average Bonchev–Trinajstić information content (AvgIpc) is 3.03. The van der Waals surface area contributed by atoms with Crippen LogP contribution >= 0.6 is 0 Å². The molecule has 7 nitrogen and oxygen atoms in total. The highest BCUT2D eigenvalue weighted by atomic mass is 16.7. The van der Waals surface area contributed by atoms with Crippen molar-refractivity contribution in [2.24, 2.45) is 10.3 Å². The van der Waals surface area contributed by atoms with E-state index in [4.69, 9.17) is 9.68 Å². The van der Waals surface area contributed by atoms with Crippen molar-refractivity contribution in [1.29, 1.82) is 0 Å². The van der Waals surface area contributed by atoms with E-state index in [0.29, 0.717) is 18.6 Å². The molecule has 1 aliphatic rings. The lowest BCUT2D eigenvalue weighted by molar-refractivity contribution is -0.141. The Kier molecular flexibility index (Phi) is 4.88. The number of rotatable bonds is 4. The minimum atomic E-state index is -0.441. The summed E-state index contributed by atoms with van der Waals surface area (Å²) < 4.78 is 2.27. The zero-order valence-electron chi connectivity index (χ0n) is 16.6. The van der Waals surface area contributed by atoms with Gasteiger partial charge in [0.25, 0.3) is 0 Å². The molecule has 2 heterocycles. The molecule has 0 fully saturated rings. The van der Waals surface area contributed by atoms with E-state index in [1.165, 1.54) is 13.8 Å². The van der Waals surface area contributed by atoms with E-state index >= 15 is 0 Å². The minimum Gasteiger partial charge on any atom is -0.340 e. The summed E-state index contributed by atoms with van der Waals surface area (Å²) in [4.78, 5) is 32.0. The van der Waals surface area contributed by atoms with E-state index in [1.807, 2.05) is 25.1 Å². The van der Waals surface area contributed by atoms with Gasteiger partial charge in [0, 0.05) is 54.2 Å². The predicted octanol–water partition coefficient (Wildman–Crippen LogP) is 4.14. The largest absolute Gasteiger partial charge is 0.340 e. The molecule has 0 saturated heterocycles. The zero-order chi connectivity index (χ0) is 20.5. The van der Waals surface area contributed by atoms with E-state index in [2.05, 4.69) is 33.1 Å². The van der Waals surface area contributed by atoms with E-state index in [9.17, 15) is 9.59 Å². The molecule has 148 valence electrons. The van der Waals surface area contributed by atoms with Crippen molar-refractivity contribution in [1.82, 2.24) is 4.57 Å². The number of oxime groups is 2. The molecule has 0 aliphatic carbocycles. The molecule has 4 rings (SSSR count). The van der Waals surface area contributed by atoms with E-state index in [-0.39, 0.29) is 0 Å². The van der Waals surface area contributed by atoms with Crippen molar-refractivity contribution in [2.45, 2.75) is 40.2 Å². The van der Waals surface area contributed by atoms with E-state index in [0.717, 1.165) is 45.2 Å². The molecule has 0 amide bonds. The molecule has 1 aliphatic heterocycles. The number of hydrogen-bond acceptors (Lipinski definition) is 6. The van der Waals surface area contributed by atoms with Gasteiger partial charge in [-0.1, -0.05) is 41.5 Å². The summed E-state index contributed by atoms with van der Waals surface area (Å²) in [7, 11) is 0. The number of carbonyl (C=O) groups excluding carboxylic acids is 2. The van der Waals surface area contributed by atoms with Crippen LogP contribution in [0.4, 0.5) is 0 Å². The Hall–Kier alpha value is -3.48. The number of fused-ring (bicyclic) bond motifs is 3. The van der Waals surface area contributed by atoms with Gasteiger partial charge in [0.05, 0.1) is 16.9 Å². The van der Waals surface area contributed by atoms with Gasteiger partial charge in [0.15, 0.2) is 0 Å². The fourth-order valence-electron chi connectivity index (χ4n) is 3.81. The minimum absolute atomic E-state index is 0.431. The number of hydrogen-bond donors (Lipinski definition) is 0. The molecule has 2 aromatic carbocycles. The summed E-state index contributed by atoms with van der Waals surface area (Å²) in [5.74, 6) is -0.872. The molecule has 7 heteroatoms. The van der Waals surface area contributed by atoms with Gasteiger partial charge in [-0.25, -0.2) is 9.59 Å². The summed E-state index contributed by atoms with van der Waals surface area (Å²) in [5, 5.41) is 10.3. The number of carbonyl (C=O) groups is 2. The fraction of sp³-hybridized carbons (Fsp3) is 0.273. The van der Waals surface area contributed by atoms with E-state index in [1.54, 1.807) is 0 Å². The van der Waals surface area contributed by atoms with Crippen LogP contribution in [0.3, 0.4) is 0 Å². The first-order valence-corrected chi connectivity index (χ1v) is 9.54. The van der Waals surface area contributed by atoms with Crippen molar-refractivity contribution in [2.75, 3.05) is 0 Å². The van der Waals surface area contributed by atoms with Crippen molar-refractivity contribution in [3.63, 3.8) is 0 Å². The second-order valence-electron chi connectivity index (χ2n) is 6.93. The third-order valence-corrected chi connectivity index (χ3v) is 5.00. The van der Waals surface area contributed by atoms with Crippen LogP contribution in [-0.2, 0) is 25.8 Å². The molecule has 0 N–H and O–H groups in total. The SMILES string of the molecule is CC/C(=N\OC(C)=O)c1ccc2c(c1)c1cccc3c1n2CC/C3=N\OC(C)=O. The van der Waals surface area contributed by atoms with Gasteiger partial charge >= 0.3 is 11.9 Å². The Morgan fingerprint density at radius 3 is 2.59 bits per heavy atom. The van der Waals surface area contributed by atoms with Crippen LogP contribution in [0.5, 0.6) is 0 Å². The average molecular weight is 391 g/mol. The molecule has 29 heavy (non-hydrogen) atoms. The van der Waals surface area contributed by atoms with Gasteiger partial charge in [-0.2, -0.15) is 0 Å². The molecular formula is C22H21N3O4. The normalized spacial score (nSPS) is 15.1. The predicted molar refractivity (Wildman–Crippen MR) is 111 cm³/mol. The summed E-state index contributed by atoms with van der Waals surface area (Å²) in [6, 6.07) is 12.2. The summed E-state index contributed by atoms with van der Waals surface area (Å²) in [6.45, 7) is 5.40. The zero-order valence-corrected chi connectivity index (χ0v) is 16.6. The summed E-state index contributed by atoms with van der Waals surface area (Å²) in [5.41, 5.74) is 5.56. The second kappa shape index (κ2) is 7.50. The molecule has 0 spiro atoms. The smallest absolute Gasteiger partial charge is 0.331 e. The lowest BCUT2D eigenvalue weighted by atomic mass is 10.0. The molecule has 3 aromatic rings. The van der Waals surface area contributed by atoms with Gasteiger partial charge in [0.2, 0.25) is 0 Å². The number of para-hydroxylation sites is 1. The molecule has 0 atom stereocenters. The Labute approximate surface area is 167 Å². The van der Waals surface area contributed by atoms with Crippen LogP contribution in [0, 0.1) is 0 Å². The first-order chi connectivity index (χ1) is 14.0. The van der Waals surface area contributed by atoms with Crippen LogP contribution in [0.25, 0.3) is 21.8 Å². The number of nitrogens with zero attached hydrogens (tertiary/aromatic N) is 3. The highest BCUT2D eigenvalue weighted by molar-refractivity contribution is 6.19. The van der Waals surface area contributed by atoms with Gasteiger partial charge < -0.3 is 14.2 Å². The van der Waals surface area contributed by atoms with Crippen LogP contribution in [0.15, 0.2) is 46.7 Å². The molecular weight excluding hydrogens is 370 g/mol. The number of aryl methyl sites for hydroxylation is 1. The first-order valence-electron chi connectivity index (χ1n) is 9.54. The standard InChI is InChI=1S/C22H21N3O4/c1-4-19(23-28-13(2)26)15-8-9-21-18(12-15)16-6-5-7-17-20(24-29-14(3)27)10-11-25(21)22(16)17/h5-9,12H,4,10-11H2,1-3H3/b23-19+,24-20+. The summed E-state index contributed by atoms with van der Waals surface area (Å²) >= 11 is 0. The van der Waals surface area contributed by atoms with Crippen molar-refractivity contribution in [3.05, 3.63) is 47.5 Å². The van der Waals surface area contributed by atoms with Crippen molar-refractivity contribution in [3.8, 4) is 0 Å².